The maximum absolute atomic E-state index is 4.53. The van der Waals surface area contributed by atoms with Crippen LogP contribution in [0.2, 0.25) is 0 Å². The van der Waals surface area contributed by atoms with Gasteiger partial charge in [-0.3, -0.25) is 4.40 Å². The first-order valence-electron chi connectivity index (χ1n) is 5.91. The average molecular weight is 364 g/mol. The summed E-state index contributed by atoms with van der Waals surface area (Å²) in [5, 5.41) is 0. The van der Waals surface area contributed by atoms with Crippen LogP contribution in [0.1, 0.15) is 0 Å². The van der Waals surface area contributed by atoms with E-state index < -0.39 is 0 Å². The second-order valence-electron chi connectivity index (χ2n) is 4.55. The van der Waals surface area contributed by atoms with Gasteiger partial charge in [-0.1, -0.05) is 12.1 Å². The molecule has 4 nitrogen and oxygen atoms in total. The van der Waals surface area contributed by atoms with Crippen molar-refractivity contribution in [2.24, 2.45) is 0 Å². The molecule has 0 radical (unpaired) electrons. The molecule has 0 saturated heterocycles. The van der Waals surface area contributed by atoms with E-state index in [4.69, 9.17) is 0 Å². The summed E-state index contributed by atoms with van der Waals surface area (Å²) >= 11 is 2.25. The lowest BCUT2D eigenvalue weighted by molar-refractivity contribution is 1.09. The molecule has 0 bridgehead atoms. The molecule has 0 saturated carbocycles. The normalized spacial score (nSPS) is 10.9. The van der Waals surface area contributed by atoms with Crippen LogP contribution in [0.15, 0.2) is 42.9 Å². The molecular formula is C14H13IN4. The predicted molar refractivity (Wildman–Crippen MR) is 85.5 cm³/mol. The lowest BCUT2D eigenvalue weighted by Crippen LogP contribution is -2.07. The third-order valence-electron chi connectivity index (χ3n) is 2.96. The smallest absolute Gasteiger partial charge is 0.234 e. The van der Waals surface area contributed by atoms with Crippen LogP contribution in [-0.2, 0) is 0 Å². The van der Waals surface area contributed by atoms with E-state index in [1.165, 1.54) is 5.69 Å². The van der Waals surface area contributed by atoms with Gasteiger partial charge in [-0.15, -0.1) is 0 Å². The molecule has 0 atom stereocenters. The van der Waals surface area contributed by atoms with Crippen molar-refractivity contribution in [3.05, 3.63) is 46.4 Å². The number of benzene rings is 1. The minimum atomic E-state index is 0.729. The topological polar surface area (TPSA) is 33.4 Å². The number of fused-ring (bicyclic) bond motifs is 1. The van der Waals surface area contributed by atoms with Crippen molar-refractivity contribution < 1.29 is 0 Å². The number of hydrogen-bond acceptors (Lipinski definition) is 3. The van der Waals surface area contributed by atoms with E-state index in [-0.39, 0.29) is 0 Å². The first kappa shape index (κ1) is 12.4. The van der Waals surface area contributed by atoms with Crippen LogP contribution in [-0.4, -0.2) is 28.5 Å². The maximum Gasteiger partial charge on any atom is 0.234 e. The number of aromatic nitrogens is 3. The fourth-order valence-corrected chi connectivity index (χ4v) is 2.37. The summed E-state index contributed by atoms with van der Waals surface area (Å²) in [6.07, 6.45) is 5.85. The zero-order valence-corrected chi connectivity index (χ0v) is 12.9. The van der Waals surface area contributed by atoms with Crippen LogP contribution in [0.25, 0.3) is 17.0 Å². The van der Waals surface area contributed by atoms with Gasteiger partial charge < -0.3 is 4.90 Å². The molecule has 0 aliphatic heterocycles. The van der Waals surface area contributed by atoms with Crippen molar-refractivity contribution in [3.8, 4) is 11.3 Å². The van der Waals surface area contributed by atoms with Gasteiger partial charge >= 0.3 is 0 Å². The summed E-state index contributed by atoms with van der Waals surface area (Å²) in [7, 11) is 4.07. The Bertz CT molecular complexity index is 716. The molecule has 96 valence electrons. The highest BCUT2D eigenvalue weighted by atomic mass is 127. The quantitative estimate of drug-likeness (QED) is 0.656. The Hall–Kier alpha value is -1.63. The van der Waals surface area contributed by atoms with Crippen LogP contribution in [0, 0.1) is 3.57 Å². The summed E-state index contributed by atoms with van der Waals surface area (Å²) in [4.78, 5) is 10.9. The van der Waals surface area contributed by atoms with Crippen molar-refractivity contribution >= 4 is 34.1 Å². The Morgan fingerprint density at radius 3 is 2.53 bits per heavy atom. The predicted octanol–water partition coefficient (Wildman–Crippen LogP) is 3.07. The Morgan fingerprint density at radius 2 is 1.84 bits per heavy atom. The largest absolute Gasteiger partial charge is 0.378 e. The Kier molecular flexibility index (Phi) is 3.14. The van der Waals surface area contributed by atoms with Crippen LogP contribution < -0.4 is 4.90 Å². The van der Waals surface area contributed by atoms with Crippen molar-refractivity contribution in [1.82, 2.24) is 14.4 Å². The SMILES string of the molecule is CN(C)c1ccc(-c2cn3cc(I)cnc3n2)cc1. The average Bonchev–Trinajstić information content (AvgIpc) is 2.81. The van der Waals surface area contributed by atoms with E-state index in [0.29, 0.717) is 0 Å². The minimum Gasteiger partial charge on any atom is -0.378 e. The molecule has 0 spiro atoms. The van der Waals surface area contributed by atoms with Crippen molar-refractivity contribution in [2.45, 2.75) is 0 Å². The van der Waals surface area contributed by atoms with Gasteiger partial charge in [0.25, 0.3) is 0 Å². The summed E-state index contributed by atoms with van der Waals surface area (Å²) in [5.74, 6) is 0.729. The van der Waals surface area contributed by atoms with Gasteiger partial charge in [0.05, 0.1) is 5.69 Å². The molecule has 3 rings (SSSR count). The zero-order valence-electron chi connectivity index (χ0n) is 10.7. The molecule has 0 unspecified atom stereocenters. The molecule has 0 amide bonds. The molecular weight excluding hydrogens is 351 g/mol. The fourth-order valence-electron chi connectivity index (χ4n) is 1.93. The van der Waals surface area contributed by atoms with Crippen molar-refractivity contribution in [3.63, 3.8) is 0 Å². The van der Waals surface area contributed by atoms with Crippen LogP contribution in [0.5, 0.6) is 0 Å². The molecule has 5 heteroatoms. The van der Waals surface area contributed by atoms with E-state index in [1.54, 1.807) is 0 Å². The molecule has 0 N–H and O–H groups in total. The standard InChI is InChI=1S/C14H13IN4/c1-18(2)12-5-3-10(4-6-12)13-9-19-8-11(15)7-16-14(19)17-13/h3-9H,1-2H3. The van der Waals surface area contributed by atoms with Crippen molar-refractivity contribution in [1.29, 1.82) is 0 Å². The molecule has 1 aromatic carbocycles. The van der Waals surface area contributed by atoms with E-state index in [0.717, 1.165) is 20.6 Å². The second kappa shape index (κ2) is 4.80. The number of imidazole rings is 1. The van der Waals surface area contributed by atoms with Crippen LogP contribution >= 0.6 is 22.6 Å². The van der Waals surface area contributed by atoms with Gasteiger partial charge in [0, 0.05) is 47.5 Å². The Morgan fingerprint density at radius 1 is 1.11 bits per heavy atom. The van der Waals surface area contributed by atoms with Crippen LogP contribution in [0.4, 0.5) is 5.69 Å². The number of hydrogen-bond donors (Lipinski definition) is 0. The summed E-state index contributed by atoms with van der Waals surface area (Å²) in [6, 6.07) is 8.36. The third-order valence-corrected chi connectivity index (χ3v) is 3.52. The summed E-state index contributed by atoms with van der Waals surface area (Å²) in [6.45, 7) is 0. The molecule has 0 fully saturated rings. The Labute approximate surface area is 125 Å². The minimum absolute atomic E-state index is 0.729. The monoisotopic (exact) mass is 364 g/mol. The summed E-state index contributed by atoms with van der Waals surface area (Å²) in [5.41, 5.74) is 3.23. The first-order chi connectivity index (χ1) is 9.13. The van der Waals surface area contributed by atoms with E-state index in [1.807, 2.05) is 37.1 Å². The number of rotatable bonds is 2. The maximum atomic E-state index is 4.53. The van der Waals surface area contributed by atoms with Gasteiger partial charge in [0.1, 0.15) is 0 Å². The highest BCUT2D eigenvalue weighted by Gasteiger charge is 2.06. The third kappa shape index (κ3) is 2.42. The van der Waals surface area contributed by atoms with Crippen molar-refractivity contribution in [2.75, 3.05) is 19.0 Å². The molecule has 2 aromatic heterocycles. The molecule has 19 heavy (non-hydrogen) atoms. The summed E-state index contributed by atoms with van der Waals surface area (Å²) < 4.78 is 3.05. The molecule has 2 heterocycles. The van der Waals surface area contributed by atoms with Gasteiger partial charge in [0.15, 0.2) is 0 Å². The van der Waals surface area contributed by atoms with E-state index in [2.05, 4.69) is 61.7 Å². The Balaban J connectivity index is 2.03. The lowest BCUT2D eigenvalue weighted by Gasteiger charge is -2.11. The lowest BCUT2D eigenvalue weighted by atomic mass is 10.1. The van der Waals surface area contributed by atoms with Gasteiger partial charge in [-0.05, 0) is 34.7 Å². The van der Waals surface area contributed by atoms with Gasteiger partial charge in [-0.25, -0.2) is 9.97 Å². The number of anilines is 1. The highest BCUT2D eigenvalue weighted by Crippen LogP contribution is 2.22. The highest BCUT2D eigenvalue weighted by molar-refractivity contribution is 14.1. The molecule has 3 aromatic rings. The molecule has 0 aliphatic carbocycles. The fraction of sp³-hybridized carbons (Fsp3) is 0.143. The number of halogens is 1. The zero-order chi connectivity index (χ0) is 13.4. The number of nitrogens with zero attached hydrogens (tertiary/aromatic N) is 4. The van der Waals surface area contributed by atoms with Crippen LogP contribution in [0.3, 0.4) is 0 Å². The molecule has 0 aliphatic rings. The van der Waals surface area contributed by atoms with Gasteiger partial charge in [-0.2, -0.15) is 0 Å². The first-order valence-corrected chi connectivity index (χ1v) is 6.99. The second-order valence-corrected chi connectivity index (χ2v) is 5.79. The van der Waals surface area contributed by atoms with Gasteiger partial charge in [0.2, 0.25) is 5.78 Å². The van der Waals surface area contributed by atoms with E-state index >= 15 is 0 Å². The van der Waals surface area contributed by atoms with E-state index in [9.17, 15) is 0 Å².